The zero-order valence-corrected chi connectivity index (χ0v) is 14.7. The van der Waals surface area contributed by atoms with Crippen LogP contribution in [-0.2, 0) is 0 Å². The van der Waals surface area contributed by atoms with Crippen molar-refractivity contribution in [1.82, 2.24) is 5.16 Å². The summed E-state index contributed by atoms with van der Waals surface area (Å²) in [4.78, 5) is 0. The fourth-order valence-electron chi connectivity index (χ4n) is 3.43. The molecule has 0 N–H and O–H groups in total. The van der Waals surface area contributed by atoms with Gasteiger partial charge in [-0.1, -0.05) is 90.1 Å². The van der Waals surface area contributed by atoms with Crippen LogP contribution in [0.5, 0.6) is 0 Å². The van der Waals surface area contributed by atoms with Crippen LogP contribution in [0, 0.1) is 0 Å². The van der Waals surface area contributed by atoms with E-state index < -0.39 is 0 Å². The predicted octanol–water partition coefficient (Wildman–Crippen LogP) is 6.83. The van der Waals surface area contributed by atoms with Gasteiger partial charge >= 0.3 is 0 Å². The Morgan fingerprint density at radius 2 is 1.07 bits per heavy atom. The van der Waals surface area contributed by atoms with Crippen molar-refractivity contribution in [3.63, 3.8) is 0 Å². The summed E-state index contributed by atoms with van der Waals surface area (Å²) in [6.07, 6.45) is 0. The molecular formula is C25H17NO. The molecule has 128 valence electrons. The van der Waals surface area contributed by atoms with Crippen molar-refractivity contribution in [3.8, 4) is 33.5 Å². The van der Waals surface area contributed by atoms with Crippen molar-refractivity contribution in [1.29, 1.82) is 0 Å². The average molecular weight is 347 g/mol. The zero-order valence-electron chi connectivity index (χ0n) is 14.7. The maximum absolute atomic E-state index is 5.59. The van der Waals surface area contributed by atoms with Gasteiger partial charge in [-0.25, -0.2) is 0 Å². The molecule has 1 aromatic heterocycles. The molecule has 5 rings (SSSR count). The number of benzene rings is 4. The van der Waals surface area contributed by atoms with Crippen LogP contribution in [0.2, 0.25) is 0 Å². The Morgan fingerprint density at radius 1 is 0.481 bits per heavy atom. The number of rotatable bonds is 3. The minimum absolute atomic E-state index is 0.801. The van der Waals surface area contributed by atoms with Gasteiger partial charge < -0.3 is 4.52 Å². The summed E-state index contributed by atoms with van der Waals surface area (Å²) < 4.78 is 5.59. The number of hydrogen-bond donors (Lipinski definition) is 0. The quantitative estimate of drug-likeness (QED) is 0.357. The van der Waals surface area contributed by atoms with Crippen LogP contribution in [-0.4, -0.2) is 5.16 Å². The third-order valence-corrected chi connectivity index (χ3v) is 4.82. The van der Waals surface area contributed by atoms with Crippen LogP contribution < -0.4 is 0 Å². The Hall–Kier alpha value is -3.65. The minimum Gasteiger partial charge on any atom is -0.356 e. The summed E-state index contributed by atoms with van der Waals surface area (Å²) in [5.74, 6) is 0. The first kappa shape index (κ1) is 15.6. The van der Waals surface area contributed by atoms with E-state index in [-0.39, 0.29) is 0 Å². The van der Waals surface area contributed by atoms with E-state index in [0.29, 0.717) is 0 Å². The molecule has 0 aliphatic carbocycles. The summed E-state index contributed by atoms with van der Waals surface area (Å²) in [7, 11) is 0. The van der Waals surface area contributed by atoms with Crippen LogP contribution in [0.3, 0.4) is 0 Å². The predicted molar refractivity (Wildman–Crippen MR) is 110 cm³/mol. The minimum atomic E-state index is 0.801. The highest BCUT2D eigenvalue weighted by atomic mass is 16.5. The molecule has 0 saturated heterocycles. The highest BCUT2D eigenvalue weighted by molar-refractivity contribution is 5.95. The largest absolute Gasteiger partial charge is 0.356 e. The molecule has 0 atom stereocenters. The Bertz CT molecular complexity index is 1210. The third kappa shape index (κ3) is 2.91. The monoisotopic (exact) mass is 347 g/mol. The lowest BCUT2D eigenvalue weighted by atomic mass is 9.99. The fraction of sp³-hybridized carbons (Fsp3) is 0. The van der Waals surface area contributed by atoms with Crippen molar-refractivity contribution in [3.05, 3.63) is 103 Å². The average Bonchev–Trinajstić information content (AvgIpc) is 3.18. The van der Waals surface area contributed by atoms with Gasteiger partial charge in [-0.2, -0.15) is 0 Å². The SMILES string of the molecule is c1ccc(-c2cccc(-c3noc4ccc(-c5ccccc5)cc34)c2)cc1. The lowest BCUT2D eigenvalue weighted by Gasteiger charge is -2.05. The van der Waals surface area contributed by atoms with Gasteiger partial charge in [-0.3, -0.25) is 0 Å². The number of hydrogen-bond acceptors (Lipinski definition) is 2. The summed E-state index contributed by atoms with van der Waals surface area (Å²) in [5.41, 5.74) is 7.44. The van der Waals surface area contributed by atoms with Crippen LogP contribution in [0.4, 0.5) is 0 Å². The molecule has 27 heavy (non-hydrogen) atoms. The lowest BCUT2D eigenvalue weighted by Crippen LogP contribution is -1.83. The second-order valence-corrected chi connectivity index (χ2v) is 6.55. The highest BCUT2D eigenvalue weighted by Crippen LogP contribution is 2.33. The van der Waals surface area contributed by atoms with Crippen LogP contribution in [0.25, 0.3) is 44.5 Å². The van der Waals surface area contributed by atoms with Gasteiger partial charge in [0.25, 0.3) is 0 Å². The van der Waals surface area contributed by atoms with Crippen molar-refractivity contribution in [2.24, 2.45) is 0 Å². The van der Waals surface area contributed by atoms with E-state index in [2.05, 4.69) is 90.1 Å². The van der Waals surface area contributed by atoms with Crippen LogP contribution in [0.15, 0.2) is 108 Å². The molecule has 2 nitrogen and oxygen atoms in total. The molecular weight excluding hydrogens is 330 g/mol. The van der Waals surface area contributed by atoms with E-state index in [1.165, 1.54) is 16.7 Å². The molecule has 0 unspecified atom stereocenters. The first-order chi connectivity index (χ1) is 13.4. The molecule has 0 bridgehead atoms. The molecule has 5 aromatic rings. The third-order valence-electron chi connectivity index (χ3n) is 4.82. The summed E-state index contributed by atoms with van der Waals surface area (Å²) in [6.45, 7) is 0. The van der Waals surface area contributed by atoms with Gasteiger partial charge in [0, 0.05) is 5.56 Å². The molecule has 0 amide bonds. The molecule has 0 spiro atoms. The van der Waals surface area contributed by atoms with Gasteiger partial charge in [0.1, 0.15) is 5.69 Å². The number of fused-ring (bicyclic) bond motifs is 1. The van der Waals surface area contributed by atoms with E-state index in [4.69, 9.17) is 4.52 Å². The molecule has 1 heterocycles. The molecule has 0 radical (unpaired) electrons. The van der Waals surface area contributed by atoms with Gasteiger partial charge in [0.05, 0.1) is 5.39 Å². The Kier molecular flexibility index (Phi) is 3.80. The van der Waals surface area contributed by atoms with Gasteiger partial charge in [-0.05, 0) is 40.5 Å². The second-order valence-electron chi connectivity index (χ2n) is 6.55. The maximum atomic E-state index is 5.59. The topological polar surface area (TPSA) is 26.0 Å². The second kappa shape index (κ2) is 6.58. The van der Waals surface area contributed by atoms with Gasteiger partial charge in [-0.15, -0.1) is 0 Å². The maximum Gasteiger partial charge on any atom is 0.167 e. The Labute approximate surface area is 157 Å². The molecule has 4 aromatic carbocycles. The molecule has 0 aliphatic rings. The van der Waals surface area contributed by atoms with Crippen molar-refractivity contribution >= 4 is 11.0 Å². The van der Waals surface area contributed by atoms with Gasteiger partial charge in [0.15, 0.2) is 5.58 Å². The Morgan fingerprint density at radius 3 is 1.78 bits per heavy atom. The van der Waals surface area contributed by atoms with E-state index in [0.717, 1.165) is 27.8 Å². The first-order valence-electron chi connectivity index (χ1n) is 8.99. The van der Waals surface area contributed by atoms with E-state index in [9.17, 15) is 0 Å². The normalized spacial score (nSPS) is 11.0. The van der Waals surface area contributed by atoms with Crippen molar-refractivity contribution in [2.75, 3.05) is 0 Å². The number of aromatic nitrogens is 1. The van der Waals surface area contributed by atoms with Crippen molar-refractivity contribution in [2.45, 2.75) is 0 Å². The summed E-state index contributed by atoms with van der Waals surface area (Å²) in [6, 6.07) is 35.4. The van der Waals surface area contributed by atoms with Gasteiger partial charge in [0.2, 0.25) is 0 Å². The van der Waals surface area contributed by atoms with Crippen LogP contribution in [0.1, 0.15) is 0 Å². The molecule has 2 heteroatoms. The smallest absolute Gasteiger partial charge is 0.167 e. The zero-order chi connectivity index (χ0) is 18.1. The van der Waals surface area contributed by atoms with E-state index in [1.54, 1.807) is 0 Å². The first-order valence-corrected chi connectivity index (χ1v) is 8.99. The molecule has 0 fully saturated rings. The number of nitrogens with zero attached hydrogens (tertiary/aromatic N) is 1. The van der Waals surface area contributed by atoms with E-state index in [1.807, 2.05) is 18.2 Å². The molecule has 0 aliphatic heterocycles. The standard InChI is InChI=1S/C25H17NO/c1-3-8-18(9-4-1)20-12-7-13-22(16-20)25-23-17-21(14-15-24(23)27-26-25)19-10-5-2-6-11-19/h1-17H. The Balaban J connectivity index is 1.63. The fourth-order valence-corrected chi connectivity index (χ4v) is 3.43. The lowest BCUT2D eigenvalue weighted by molar-refractivity contribution is 0.459. The van der Waals surface area contributed by atoms with E-state index >= 15 is 0 Å². The van der Waals surface area contributed by atoms with Crippen molar-refractivity contribution < 1.29 is 4.52 Å². The van der Waals surface area contributed by atoms with Crippen LogP contribution >= 0.6 is 0 Å². The highest BCUT2D eigenvalue weighted by Gasteiger charge is 2.12. The summed E-state index contributed by atoms with van der Waals surface area (Å²) >= 11 is 0. The summed E-state index contributed by atoms with van der Waals surface area (Å²) in [5, 5.41) is 5.39. The molecule has 0 saturated carbocycles.